The number of nitrogens with zero attached hydrogens (tertiary/aromatic N) is 2. The highest BCUT2D eigenvalue weighted by Gasteiger charge is 2.12. The minimum atomic E-state index is -0.166. The summed E-state index contributed by atoms with van der Waals surface area (Å²) >= 11 is 1.62. The van der Waals surface area contributed by atoms with E-state index in [2.05, 4.69) is 17.3 Å². The maximum absolute atomic E-state index is 12.4. The summed E-state index contributed by atoms with van der Waals surface area (Å²) in [5, 5.41) is 9.36. The quantitative estimate of drug-likeness (QED) is 0.631. The smallest absolute Gasteiger partial charge is 0.256 e. The van der Waals surface area contributed by atoms with Gasteiger partial charge < -0.3 is 10.1 Å². The third-order valence-electron chi connectivity index (χ3n) is 3.78. The second-order valence-corrected chi connectivity index (χ2v) is 6.64. The molecule has 0 aliphatic carbocycles. The van der Waals surface area contributed by atoms with E-state index in [0.717, 1.165) is 29.2 Å². The summed E-state index contributed by atoms with van der Waals surface area (Å²) < 4.78 is 7.29. The molecule has 5 nitrogen and oxygen atoms in total. The molecule has 0 fully saturated rings. The van der Waals surface area contributed by atoms with E-state index in [1.807, 2.05) is 42.8 Å². The second-order valence-electron chi connectivity index (χ2n) is 5.70. The summed E-state index contributed by atoms with van der Waals surface area (Å²) in [4.78, 5) is 13.5. The molecular formula is C19H21N3O2S. The Morgan fingerprint density at radius 3 is 2.76 bits per heavy atom. The summed E-state index contributed by atoms with van der Waals surface area (Å²) in [5.74, 6) is 1.28. The van der Waals surface area contributed by atoms with Crippen LogP contribution in [0.4, 0.5) is 5.82 Å². The molecule has 0 unspecified atom stereocenters. The van der Waals surface area contributed by atoms with Gasteiger partial charge in [0.05, 0.1) is 11.5 Å². The van der Waals surface area contributed by atoms with Gasteiger partial charge in [-0.3, -0.25) is 9.48 Å². The summed E-state index contributed by atoms with van der Waals surface area (Å²) in [6.45, 7) is 2.82. The summed E-state index contributed by atoms with van der Waals surface area (Å²) in [6.07, 6.45) is 2.12. The number of carbonyl (C=O) groups is 1. The van der Waals surface area contributed by atoms with Crippen molar-refractivity contribution >= 4 is 23.1 Å². The van der Waals surface area contributed by atoms with Gasteiger partial charge in [0.1, 0.15) is 17.3 Å². The maximum Gasteiger partial charge on any atom is 0.256 e. The molecule has 1 aromatic carbocycles. The number of hydrogen-bond donors (Lipinski definition) is 1. The minimum Gasteiger partial charge on any atom is -0.494 e. The van der Waals surface area contributed by atoms with Gasteiger partial charge in [-0.25, -0.2) is 0 Å². The van der Waals surface area contributed by atoms with Gasteiger partial charge in [-0.1, -0.05) is 19.4 Å². The Morgan fingerprint density at radius 1 is 1.28 bits per heavy atom. The standard InChI is InChI=1S/C19H21N3O2S/c1-3-4-11-24-15-9-7-14(8-10-15)19(23)20-18-13-16(21-22(18)2)17-6-5-12-25-17/h5-10,12-13H,3-4,11H2,1-2H3,(H,20,23). The highest BCUT2D eigenvalue weighted by molar-refractivity contribution is 7.13. The molecule has 130 valence electrons. The molecule has 0 aliphatic rings. The monoisotopic (exact) mass is 355 g/mol. The van der Waals surface area contributed by atoms with Crippen molar-refractivity contribution in [3.05, 3.63) is 53.4 Å². The Morgan fingerprint density at radius 2 is 2.08 bits per heavy atom. The number of thiophene rings is 1. The van der Waals surface area contributed by atoms with E-state index in [0.29, 0.717) is 18.0 Å². The Labute approximate surface area is 151 Å². The molecule has 3 aromatic rings. The van der Waals surface area contributed by atoms with Gasteiger partial charge in [0.15, 0.2) is 0 Å². The zero-order valence-electron chi connectivity index (χ0n) is 14.4. The van der Waals surface area contributed by atoms with Crippen LogP contribution in [0.25, 0.3) is 10.6 Å². The molecule has 2 heterocycles. The largest absolute Gasteiger partial charge is 0.494 e. The first-order valence-corrected chi connectivity index (χ1v) is 9.17. The minimum absolute atomic E-state index is 0.166. The van der Waals surface area contributed by atoms with Gasteiger partial charge in [-0.05, 0) is 42.1 Å². The van der Waals surface area contributed by atoms with Crippen molar-refractivity contribution in [1.29, 1.82) is 0 Å². The normalized spacial score (nSPS) is 10.6. The molecule has 0 spiro atoms. The third-order valence-corrected chi connectivity index (χ3v) is 4.67. The zero-order valence-corrected chi connectivity index (χ0v) is 15.2. The fourth-order valence-corrected chi connectivity index (χ4v) is 3.04. The Bertz CT molecular complexity index is 823. The highest BCUT2D eigenvalue weighted by Crippen LogP contribution is 2.26. The van der Waals surface area contributed by atoms with Crippen molar-refractivity contribution in [1.82, 2.24) is 9.78 Å². The van der Waals surface area contributed by atoms with Gasteiger partial charge in [0, 0.05) is 18.7 Å². The van der Waals surface area contributed by atoms with Crippen LogP contribution >= 0.6 is 11.3 Å². The molecule has 0 aliphatic heterocycles. The van der Waals surface area contributed by atoms with Gasteiger partial charge in [0.2, 0.25) is 0 Å². The summed E-state index contributed by atoms with van der Waals surface area (Å²) in [5.41, 5.74) is 1.44. The number of nitrogens with one attached hydrogen (secondary N) is 1. The predicted molar refractivity (Wildman–Crippen MR) is 101 cm³/mol. The van der Waals surface area contributed by atoms with E-state index in [1.165, 1.54) is 0 Å². The number of aromatic nitrogens is 2. The number of aryl methyl sites for hydroxylation is 1. The number of carbonyl (C=O) groups excluding carboxylic acids is 1. The molecule has 0 saturated carbocycles. The van der Waals surface area contributed by atoms with Gasteiger partial charge in [0.25, 0.3) is 5.91 Å². The lowest BCUT2D eigenvalue weighted by molar-refractivity contribution is 0.102. The van der Waals surface area contributed by atoms with E-state index in [4.69, 9.17) is 4.74 Å². The first kappa shape index (κ1) is 17.2. The molecule has 0 atom stereocenters. The Kier molecular flexibility index (Phi) is 5.50. The van der Waals surface area contributed by atoms with Gasteiger partial charge in [-0.2, -0.15) is 5.10 Å². The van der Waals surface area contributed by atoms with E-state index in [9.17, 15) is 4.79 Å². The topological polar surface area (TPSA) is 56.1 Å². The van der Waals surface area contributed by atoms with Crippen molar-refractivity contribution < 1.29 is 9.53 Å². The highest BCUT2D eigenvalue weighted by atomic mass is 32.1. The lowest BCUT2D eigenvalue weighted by Gasteiger charge is -2.07. The van der Waals surface area contributed by atoms with E-state index in [1.54, 1.807) is 28.2 Å². The molecule has 1 amide bonds. The molecule has 2 aromatic heterocycles. The van der Waals surface area contributed by atoms with E-state index < -0.39 is 0 Å². The number of amides is 1. The van der Waals surface area contributed by atoms with Crippen LogP contribution in [-0.2, 0) is 7.05 Å². The van der Waals surface area contributed by atoms with E-state index in [-0.39, 0.29) is 5.91 Å². The summed E-state index contributed by atoms with van der Waals surface area (Å²) in [6, 6.07) is 13.1. The number of benzene rings is 1. The molecule has 0 bridgehead atoms. The first-order valence-electron chi connectivity index (χ1n) is 8.29. The van der Waals surface area contributed by atoms with Crippen LogP contribution in [0.5, 0.6) is 5.75 Å². The Hall–Kier alpha value is -2.60. The predicted octanol–water partition coefficient (Wildman–Crippen LogP) is 4.58. The van der Waals surface area contributed by atoms with Crippen molar-refractivity contribution in [2.24, 2.45) is 7.05 Å². The molecular weight excluding hydrogens is 334 g/mol. The van der Waals surface area contributed by atoms with Crippen LogP contribution in [0.1, 0.15) is 30.1 Å². The van der Waals surface area contributed by atoms with Gasteiger partial charge in [-0.15, -0.1) is 11.3 Å². The van der Waals surface area contributed by atoms with Crippen molar-refractivity contribution in [3.8, 4) is 16.3 Å². The Balaban J connectivity index is 1.66. The average Bonchev–Trinajstić information content (AvgIpc) is 3.26. The van der Waals surface area contributed by atoms with E-state index >= 15 is 0 Å². The van der Waals surface area contributed by atoms with Crippen LogP contribution in [0.3, 0.4) is 0 Å². The fraction of sp³-hybridized carbons (Fsp3) is 0.263. The summed E-state index contributed by atoms with van der Waals surface area (Å²) in [7, 11) is 1.82. The van der Waals surface area contributed by atoms with Crippen molar-refractivity contribution in [2.75, 3.05) is 11.9 Å². The van der Waals surface area contributed by atoms with Crippen molar-refractivity contribution in [3.63, 3.8) is 0 Å². The van der Waals surface area contributed by atoms with Crippen LogP contribution in [-0.4, -0.2) is 22.3 Å². The molecule has 3 rings (SSSR count). The molecule has 25 heavy (non-hydrogen) atoms. The number of hydrogen-bond acceptors (Lipinski definition) is 4. The zero-order chi connectivity index (χ0) is 17.6. The van der Waals surface area contributed by atoms with Gasteiger partial charge >= 0.3 is 0 Å². The number of ether oxygens (including phenoxy) is 1. The third kappa shape index (κ3) is 4.28. The first-order chi connectivity index (χ1) is 12.2. The van der Waals surface area contributed by atoms with Crippen LogP contribution in [0, 0.1) is 0 Å². The maximum atomic E-state index is 12.4. The number of rotatable bonds is 7. The van der Waals surface area contributed by atoms with Crippen molar-refractivity contribution in [2.45, 2.75) is 19.8 Å². The number of unbranched alkanes of at least 4 members (excludes halogenated alkanes) is 1. The fourth-order valence-electron chi connectivity index (χ4n) is 2.35. The SMILES string of the molecule is CCCCOc1ccc(C(=O)Nc2cc(-c3cccs3)nn2C)cc1. The van der Waals surface area contributed by atoms with Crippen LogP contribution < -0.4 is 10.1 Å². The van der Waals surface area contributed by atoms with Crippen LogP contribution in [0.15, 0.2) is 47.8 Å². The number of anilines is 1. The molecule has 0 saturated heterocycles. The second kappa shape index (κ2) is 7.98. The molecule has 1 N–H and O–H groups in total. The molecule has 0 radical (unpaired) electrons. The lowest BCUT2D eigenvalue weighted by atomic mass is 10.2. The average molecular weight is 355 g/mol. The lowest BCUT2D eigenvalue weighted by Crippen LogP contribution is -2.14. The molecule has 6 heteroatoms. The van der Waals surface area contributed by atoms with Crippen LogP contribution in [0.2, 0.25) is 0 Å².